The van der Waals surface area contributed by atoms with Crippen LogP contribution >= 0.6 is 15.9 Å². The first-order chi connectivity index (χ1) is 37.0. The van der Waals surface area contributed by atoms with Crippen molar-refractivity contribution in [3.8, 4) is 11.5 Å². The Morgan fingerprint density at radius 2 is 1.06 bits per heavy atom. The number of aliphatic hydroxyl groups excluding tert-OH is 1. The van der Waals surface area contributed by atoms with Gasteiger partial charge in [0.15, 0.2) is 11.5 Å². The fraction of sp³-hybridized carbons (Fsp3) is 0.273. The van der Waals surface area contributed by atoms with Crippen molar-refractivity contribution in [3.63, 3.8) is 0 Å². The first kappa shape index (κ1) is 54.7. The highest BCUT2D eigenvalue weighted by Crippen LogP contribution is 2.34. The molecule has 0 radical (unpaired) electrons. The molecule has 0 saturated carbocycles. The van der Waals surface area contributed by atoms with E-state index in [9.17, 15) is 33.9 Å². The summed E-state index contributed by atoms with van der Waals surface area (Å²) in [5.74, 6) is -4.00. The second kappa shape index (κ2) is 24.4. The van der Waals surface area contributed by atoms with E-state index in [2.05, 4.69) is 57.3 Å². The van der Waals surface area contributed by atoms with Gasteiger partial charge in [-0.2, -0.15) is 20.4 Å². The number of aryl methyl sites for hydroxylation is 4. The maximum Gasteiger partial charge on any atom is 0.379 e. The van der Waals surface area contributed by atoms with Gasteiger partial charge in [-0.3, -0.25) is 37.9 Å². The molecular formula is C55H55BrN10O11. The van der Waals surface area contributed by atoms with Gasteiger partial charge in [0.2, 0.25) is 5.78 Å². The minimum atomic E-state index is -1.45. The van der Waals surface area contributed by atoms with Gasteiger partial charge in [-0.25, -0.2) is 9.59 Å². The van der Waals surface area contributed by atoms with Crippen LogP contribution in [0.25, 0.3) is 43.6 Å². The molecule has 22 heteroatoms. The molecule has 1 amide bonds. The summed E-state index contributed by atoms with van der Waals surface area (Å²) < 4.78 is 23.9. The number of ketones is 3. The molecule has 9 aromatic rings. The second-order valence-electron chi connectivity index (χ2n) is 18.0. The molecule has 5 aromatic carbocycles. The molecule has 0 spiro atoms. The maximum atomic E-state index is 13.0. The minimum absolute atomic E-state index is 0.169. The lowest BCUT2D eigenvalue weighted by molar-refractivity contribution is -0.137. The van der Waals surface area contributed by atoms with Crippen molar-refractivity contribution in [1.82, 2.24) is 49.3 Å². The van der Waals surface area contributed by atoms with Crippen LogP contribution < -0.4 is 14.8 Å². The monoisotopic (exact) mass is 1110 g/mol. The van der Waals surface area contributed by atoms with Gasteiger partial charge in [0.05, 0.1) is 59.5 Å². The van der Waals surface area contributed by atoms with Crippen molar-refractivity contribution >= 4 is 94.7 Å². The van der Waals surface area contributed by atoms with Crippen molar-refractivity contribution in [2.45, 2.75) is 31.9 Å². The number of nitrogens with zero attached hydrogens (tertiary/aromatic N) is 9. The lowest BCUT2D eigenvalue weighted by atomic mass is 10.00. The fourth-order valence-electron chi connectivity index (χ4n) is 8.80. The van der Waals surface area contributed by atoms with E-state index in [1.54, 1.807) is 107 Å². The van der Waals surface area contributed by atoms with Crippen LogP contribution in [0.3, 0.4) is 0 Å². The Morgan fingerprint density at radius 3 is 1.56 bits per heavy atom. The number of hydrogen-bond acceptors (Lipinski definition) is 15. The number of amides is 1. The Labute approximate surface area is 449 Å². The maximum absolute atomic E-state index is 13.0. The van der Waals surface area contributed by atoms with E-state index in [1.165, 1.54) is 17.5 Å². The molecule has 2 atom stereocenters. The number of carbonyl (C=O) groups excluding carboxylic acids is 5. The van der Waals surface area contributed by atoms with Crippen molar-refractivity contribution in [1.29, 1.82) is 0 Å². The van der Waals surface area contributed by atoms with E-state index in [1.807, 2.05) is 44.2 Å². The number of benzene rings is 5. The number of nitrogens with one attached hydrogen (secondary N) is 1. The van der Waals surface area contributed by atoms with Crippen LogP contribution in [0.5, 0.6) is 11.5 Å². The average molecular weight is 1110 g/mol. The zero-order valence-electron chi connectivity index (χ0n) is 42.8. The third kappa shape index (κ3) is 12.9. The molecule has 398 valence electrons. The second-order valence-corrected chi connectivity index (χ2v) is 19.0. The van der Waals surface area contributed by atoms with Crippen LogP contribution in [0.2, 0.25) is 0 Å². The van der Waals surface area contributed by atoms with Crippen LogP contribution in [-0.2, 0) is 47.3 Å². The average Bonchev–Trinajstić information content (AvgIpc) is 4.31. The number of carbonyl (C=O) groups is 6. The molecule has 1 fully saturated rings. The van der Waals surface area contributed by atoms with Gasteiger partial charge in [0.1, 0.15) is 19.3 Å². The zero-order chi connectivity index (χ0) is 54.9. The molecule has 4 aromatic heterocycles. The molecule has 0 bridgehead atoms. The molecule has 2 aliphatic heterocycles. The normalized spacial score (nSPS) is 13.6. The number of aromatic nitrogens is 8. The third-order valence-corrected chi connectivity index (χ3v) is 13.3. The smallest absolute Gasteiger partial charge is 0.379 e. The van der Waals surface area contributed by atoms with Gasteiger partial charge < -0.3 is 34.6 Å². The first-order valence-corrected chi connectivity index (χ1v) is 25.3. The van der Waals surface area contributed by atoms with Gasteiger partial charge in [-0.15, -0.1) is 0 Å². The molecule has 6 heterocycles. The summed E-state index contributed by atoms with van der Waals surface area (Å²) in [5.41, 5.74) is 5.17. The highest BCUT2D eigenvalue weighted by Gasteiger charge is 2.30. The Morgan fingerprint density at radius 1 is 0.610 bits per heavy atom. The number of carboxylic acids is 1. The number of halogens is 1. The predicted molar refractivity (Wildman–Crippen MR) is 288 cm³/mol. The van der Waals surface area contributed by atoms with Gasteiger partial charge in [-0.1, -0.05) is 22.0 Å². The lowest BCUT2D eigenvalue weighted by Crippen LogP contribution is -2.48. The molecule has 0 aliphatic carbocycles. The Kier molecular flexibility index (Phi) is 17.3. The molecule has 0 unspecified atom stereocenters. The van der Waals surface area contributed by atoms with Gasteiger partial charge >= 0.3 is 11.9 Å². The molecule has 77 heavy (non-hydrogen) atoms. The molecule has 1 saturated heterocycles. The third-order valence-electron chi connectivity index (χ3n) is 12.9. The number of likely N-dealkylation sites (tertiary alicyclic amines) is 1. The number of ether oxygens (including phenoxy) is 3. The summed E-state index contributed by atoms with van der Waals surface area (Å²) in [4.78, 5) is 72.7. The van der Waals surface area contributed by atoms with Crippen molar-refractivity contribution in [2.75, 3.05) is 39.5 Å². The van der Waals surface area contributed by atoms with Crippen LogP contribution in [0.15, 0.2) is 120 Å². The summed E-state index contributed by atoms with van der Waals surface area (Å²) >= 11 is 3.40. The quantitative estimate of drug-likeness (QED) is 0.0685. The number of esters is 1. The van der Waals surface area contributed by atoms with Crippen molar-refractivity contribution in [2.24, 2.45) is 28.2 Å². The van der Waals surface area contributed by atoms with E-state index < -0.39 is 47.3 Å². The molecule has 3 N–H and O–H groups in total. The number of Topliss-reactive ketones (excluding diaryl/α,β-unsaturated/α-hetero) is 3. The number of rotatable bonds is 12. The Hall–Kier alpha value is -8.60. The predicted octanol–water partition coefficient (Wildman–Crippen LogP) is 6.34. The van der Waals surface area contributed by atoms with Gasteiger partial charge in [0.25, 0.3) is 17.5 Å². The van der Waals surface area contributed by atoms with E-state index >= 15 is 0 Å². The topological polar surface area (TPSA) is 257 Å². The Balaban J connectivity index is 0.000000152. The molecular weight excluding hydrogens is 1060 g/mol. The number of hydrogen-bond donors (Lipinski definition) is 3. The number of aliphatic carboxylic acids is 1. The van der Waals surface area contributed by atoms with Crippen LogP contribution in [0.4, 0.5) is 0 Å². The molecule has 2 aliphatic rings. The van der Waals surface area contributed by atoms with E-state index in [4.69, 9.17) is 14.6 Å². The first-order valence-electron chi connectivity index (χ1n) is 24.5. The Bertz CT molecular complexity index is 3670. The van der Waals surface area contributed by atoms with Crippen LogP contribution in [-0.4, -0.2) is 135 Å². The number of aliphatic hydroxyl groups is 1. The van der Waals surface area contributed by atoms with E-state index in [0.29, 0.717) is 42.4 Å². The molecule has 11 rings (SSSR count). The highest BCUT2D eigenvalue weighted by atomic mass is 79.9. The largest absolute Gasteiger partial charge is 0.486 e. The number of fused-ring (bicyclic) bond motifs is 5. The van der Waals surface area contributed by atoms with Crippen LogP contribution in [0.1, 0.15) is 62.5 Å². The lowest BCUT2D eigenvalue weighted by Gasteiger charge is -2.29. The SMILES string of the molecule is CCOC(=O)C(=O)c1ccc2c(cnn2C)c1.Cn1ncc2cc(Br)ccc21.Cn1ncc2cc(C(=O)C(=O)N[C@H](CN3CCCC3)[C@H](O)c3ccc4c(c3)OCCO4)ccc21.Cn1ncc2cc(C(=O)C(=O)O)ccc21. The van der Waals surface area contributed by atoms with E-state index in [-0.39, 0.29) is 17.7 Å². The standard InChI is InChI=1S/C25H28N4O5.C12H12N2O3.C10H8N2O3.C8H7BrN2/c1-28-20-6-4-16(12-18(20)14-26-28)24(31)25(32)27-19(15-29-8-2-3-9-29)23(30)17-5-7-21-22(13-17)34-11-10-33-21;1-3-17-12(16)11(15)8-4-5-10-9(6-8)7-13-14(10)2;1-12-8-3-2-6(9(13)10(14)15)4-7(8)5-11-12;1-11-8-3-2-7(9)4-6(8)5-10-11/h4-7,12-14,19,23,30H,2-3,8-11,15H2,1H3,(H,27,32);4-7H,3H2,1-2H3;2-5H,1H3,(H,14,15);2-5H,1H3/t19-,23-;;;/m1.../s1. The summed E-state index contributed by atoms with van der Waals surface area (Å²) in [5, 5.41) is 42.5. The minimum Gasteiger partial charge on any atom is -0.486 e. The molecule has 21 nitrogen and oxygen atoms in total. The van der Waals surface area contributed by atoms with Gasteiger partial charge in [0, 0.05) is 77.4 Å². The van der Waals surface area contributed by atoms with Crippen molar-refractivity contribution < 1.29 is 53.2 Å². The fourth-order valence-corrected chi connectivity index (χ4v) is 9.17. The number of carboxylic acid groups (broad SMARTS) is 1. The summed E-state index contributed by atoms with van der Waals surface area (Å²) in [6.07, 6.45) is 7.89. The zero-order valence-corrected chi connectivity index (χ0v) is 44.3. The summed E-state index contributed by atoms with van der Waals surface area (Å²) in [7, 11) is 7.35. The van der Waals surface area contributed by atoms with Gasteiger partial charge in [-0.05, 0) is 123 Å². The van der Waals surface area contributed by atoms with Crippen LogP contribution in [0, 0.1) is 0 Å². The van der Waals surface area contributed by atoms with E-state index in [0.717, 1.165) is 68.6 Å². The van der Waals surface area contributed by atoms with Crippen molar-refractivity contribution in [3.05, 3.63) is 143 Å². The highest BCUT2D eigenvalue weighted by molar-refractivity contribution is 9.10. The summed E-state index contributed by atoms with van der Waals surface area (Å²) in [6, 6.07) is 25.5. The summed E-state index contributed by atoms with van der Waals surface area (Å²) in [6.45, 7) is 5.01.